The SMILES string of the molecule is Cc1cccc(CSc2nnc(NC(=O)COc3ccccc3)s2)c1. The Hall–Kier alpha value is -2.38. The lowest BCUT2D eigenvalue weighted by molar-refractivity contribution is -0.118. The van der Waals surface area contributed by atoms with Crippen molar-refractivity contribution < 1.29 is 9.53 Å². The van der Waals surface area contributed by atoms with Crippen LogP contribution in [0.15, 0.2) is 58.9 Å². The number of para-hydroxylation sites is 1. The molecule has 0 atom stereocenters. The Morgan fingerprint density at radius 1 is 1.16 bits per heavy atom. The second kappa shape index (κ2) is 8.64. The molecule has 1 heterocycles. The van der Waals surface area contributed by atoms with Crippen molar-refractivity contribution in [1.82, 2.24) is 10.2 Å². The molecule has 0 aliphatic heterocycles. The van der Waals surface area contributed by atoms with E-state index in [4.69, 9.17) is 4.74 Å². The summed E-state index contributed by atoms with van der Waals surface area (Å²) < 4.78 is 6.22. The standard InChI is InChI=1S/C18H17N3O2S2/c1-13-6-5-7-14(10-13)12-24-18-21-20-17(25-18)19-16(22)11-23-15-8-3-2-4-9-15/h2-10H,11-12H2,1H3,(H,19,20,22). The molecule has 7 heteroatoms. The summed E-state index contributed by atoms with van der Waals surface area (Å²) in [5.74, 6) is 1.22. The van der Waals surface area contributed by atoms with E-state index in [1.165, 1.54) is 22.5 Å². The first-order chi connectivity index (χ1) is 12.2. The first-order valence-corrected chi connectivity index (χ1v) is 9.49. The van der Waals surface area contributed by atoms with E-state index in [-0.39, 0.29) is 12.5 Å². The van der Waals surface area contributed by atoms with Gasteiger partial charge in [-0.1, -0.05) is 71.1 Å². The number of amides is 1. The van der Waals surface area contributed by atoms with Gasteiger partial charge in [-0.25, -0.2) is 0 Å². The van der Waals surface area contributed by atoms with Gasteiger partial charge in [0, 0.05) is 5.75 Å². The predicted octanol–water partition coefficient (Wildman–Crippen LogP) is 4.16. The molecule has 128 valence electrons. The number of hydrogen-bond acceptors (Lipinski definition) is 6. The number of aryl methyl sites for hydroxylation is 1. The summed E-state index contributed by atoms with van der Waals surface area (Å²) >= 11 is 2.96. The van der Waals surface area contributed by atoms with Gasteiger partial charge in [-0.15, -0.1) is 10.2 Å². The van der Waals surface area contributed by atoms with Crippen molar-refractivity contribution in [3.05, 3.63) is 65.7 Å². The van der Waals surface area contributed by atoms with Gasteiger partial charge in [-0.05, 0) is 24.6 Å². The lowest BCUT2D eigenvalue weighted by Gasteiger charge is -2.04. The highest BCUT2D eigenvalue weighted by molar-refractivity contribution is 8.00. The third kappa shape index (κ3) is 5.58. The lowest BCUT2D eigenvalue weighted by Crippen LogP contribution is -2.20. The van der Waals surface area contributed by atoms with Crippen molar-refractivity contribution in [1.29, 1.82) is 0 Å². The summed E-state index contributed by atoms with van der Waals surface area (Å²) in [6.45, 7) is 2.01. The van der Waals surface area contributed by atoms with E-state index in [0.29, 0.717) is 10.9 Å². The molecule has 0 unspecified atom stereocenters. The third-order valence-electron chi connectivity index (χ3n) is 3.21. The Balaban J connectivity index is 1.47. The number of benzene rings is 2. The van der Waals surface area contributed by atoms with Crippen LogP contribution in [0.3, 0.4) is 0 Å². The predicted molar refractivity (Wildman–Crippen MR) is 101 cm³/mol. The summed E-state index contributed by atoms with van der Waals surface area (Å²) in [5, 5.41) is 11.3. The molecule has 0 aliphatic carbocycles. The zero-order valence-corrected chi connectivity index (χ0v) is 15.3. The van der Waals surface area contributed by atoms with Gasteiger partial charge < -0.3 is 4.74 Å². The van der Waals surface area contributed by atoms with Crippen LogP contribution in [0.5, 0.6) is 5.75 Å². The third-order valence-corrected chi connectivity index (χ3v) is 5.25. The average Bonchev–Trinajstić information content (AvgIpc) is 3.06. The van der Waals surface area contributed by atoms with E-state index in [0.717, 1.165) is 10.1 Å². The maximum atomic E-state index is 11.9. The Labute approximate surface area is 154 Å². The van der Waals surface area contributed by atoms with Crippen LogP contribution >= 0.6 is 23.1 Å². The molecule has 1 amide bonds. The number of carbonyl (C=O) groups is 1. The lowest BCUT2D eigenvalue weighted by atomic mass is 10.2. The molecule has 3 rings (SSSR count). The van der Waals surface area contributed by atoms with Crippen LogP contribution < -0.4 is 10.1 Å². The highest BCUT2D eigenvalue weighted by Gasteiger charge is 2.09. The fourth-order valence-electron chi connectivity index (χ4n) is 2.09. The van der Waals surface area contributed by atoms with E-state index in [1.54, 1.807) is 23.9 Å². The van der Waals surface area contributed by atoms with E-state index in [2.05, 4.69) is 40.6 Å². The largest absolute Gasteiger partial charge is 0.484 e. The molecule has 0 bridgehead atoms. The van der Waals surface area contributed by atoms with Crippen molar-refractivity contribution in [2.75, 3.05) is 11.9 Å². The quantitative estimate of drug-likeness (QED) is 0.499. The van der Waals surface area contributed by atoms with Gasteiger partial charge in [0.15, 0.2) is 10.9 Å². The molecular formula is C18H17N3O2S2. The molecule has 0 spiro atoms. The first kappa shape index (κ1) is 17.4. The van der Waals surface area contributed by atoms with Crippen LogP contribution in [0.4, 0.5) is 5.13 Å². The van der Waals surface area contributed by atoms with Gasteiger partial charge in [0.2, 0.25) is 5.13 Å². The summed E-state index contributed by atoms with van der Waals surface area (Å²) in [5.41, 5.74) is 2.48. The number of aromatic nitrogens is 2. The van der Waals surface area contributed by atoms with Crippen LogP contribution in [0.25, 0.3) is 0 Å². The maximum Gasteiger partial charge on any atom is 0.264 e. The van der Waals surface area contributed by atoms with Crippen molar-refractivity contribution >= 4 is 34.1 Å². The topological polar surface area (TPSA) is 64.1 Å². The zero-order chi connectivity index (χ0) is 17.5. The van der Waals surface area contributed by atoms with E-state index < -0.39 is 0 Å². The zero-order valence-electron chi connectivity index (χ0n) is 13.6. The maximum absolute atomic E-state index is 11.9. The fourth-order valence-corrected chi connectivity index (χ4v) is 3.80. The Morgan fingerprint density at radius 3 is 2.80 bits per heavy atom. The molecular weight excluding hydrogens is 354 g/mol. The second-order valence-corrected chi connectivity index (χ2v) is 7.50. The molecule has 0 saturated carbocycles. The van der Waals surface area contributed by atoms with Gasteiger partial charge >= 0.3 is 0 Å². The highest BCUT2D eigenvalue weighted by Crippen LogP contribution is 2.28. The number of anilines is 1. The molecule has 0 fully saturated rings. The molecule has 5 nitrogen and oxygen atoms in total. The number of carbonyl (C=O) groups excluding carboxylic acids is 1. The van der Waals surface area contributed by atoms with Crippen LogP contribution in [0, 0.1) is 6.92 Å². The van der Waals surface area contributed by atoms with Crippen LogP contribution in [0.1, 0.15) is 11.1 Å². The number of hydrogen-bond donors (Lipinski definition) is 1. The summed E-state index contributed by atoms with van der Waals surface area (Å²) in [7, 11) is 0. The fraction of sp³-hybridized carbons (Fsp3) is 0.167. The van der Waals surface area contributed by atoms with Gasteiger partial charge in [-0.2, -0.15) is 0 Å². The van der Waals surface area contributed by atoms with Crippen LogP contribution in [-0.4, -0.2) is 22.7 Å². The summed E-state index contributed by atoms with van der Waals surface area (Å²) in [6.07, 6.45) is 0. The molecule has 1 aromatic heterocycles. The van der Waals surface area contributed by atoms with Crippen LogP contribution in [-0.2, 0) is 10.5 Å². The smallest absolute Gasteiger partial charge is 0.264 e. The van der Waals surface area contributed by atoms with E-state index >= 15 is 0 Å². The van der Waals surface area contributed by atoms with Crippen molar-refractivity contribution in [3.8, 4) is 5.75 Å². The Kier molecular flexibility index (Phi) is 6.03. The second-order valence-electron chi connectivity index (χ2n) is 5.30. The number of thioether (sulfide) groups is 1. The normalized spacial score (nSPS) is 10.4. The number of nitrogens with one attached hydrogen (secondary N) is 1. The summed E-state index contributed by atoms with van der Waals surface area (Å²) in [4.78, 5) is 11.9. The number of nitrogens with zero attached hydrogens (tertiary/aromatic N) is 2. The van der Waals surface area contributed by atoms with Gasteiger partial charge in [-0.3, -0.25) is 10.1 Å². The molecule has 25 heavy (non-hydrogen) atoms. The average molecular weight is 371 g/mol. The minimum Gasteiger partial charge on any atom is -0.484 e. The van der Waals surface area contributed by atoms with Crippen molar-refractivity contribution in [2.24, 2.45) is 0 Å². The molecule has 2 aromatic carbocycles. The van der Waals surface area contributed by atoms with E-state index in [9.17, 15) is 4.79 Å². The monoisotopic (exact) mass is 371 g/mol. The molecule has 1 N–H and O–H groups in total. The Bertz CT molecular complexity index is 837. The molecule has 3 aromatic rings. The van der Waals surface area contributed by atoms with Crippen molar-refractivity contribution in [2.45, 2.75) is 17.0 Å². The molecule has 0 saturated heterocycles. The van der Waals surface area contributed by atoms with Crippen LogP contribution in [0.2, 0.25) is 0 Å². The minimum atomic E-state index is -0.254. The van der Waals surface area contributed by atoms with Crippen molar-refractivity contribution in [3.63, 3.8) is 0 Å². The molecule has 0 aliphatic rings. The highest BCUT2D eigenvalue weighted by atomic mass is 32.2. The molecule has 0 radical (unpaired) electrons. The first-order valence-electron chi connectivity index (χ1n) is 7.68. The van der Waals surface area contributed by atoms with Gasteiger partial charge in [0.25, 0.3) is 5.91 Å². The number of rotatable bonds is 7. The van der Waals surface area contributed by atoms with Gasteiger partial charge in [0.05, 0.1) is 0 Å². The minimum absolute atomic E-state index is 0.0602. The van der Waals surface area contributed by atoms with E-state index in [1.807, 2.05) is 24.3 Å². The van der Waals surface area contributed by atoms with Gasteiger partial charge in [0.1, 0.15) is 5.75 Å². The Morgan fingerprint density at radius 2 is 2.00 bits per heavy atom. The number of ether oxygens (including phenoxy) is 1. The summed E-state index contributed by atoms with van der Waals surface area (Å²) in [6, 6.07) is 17.6.